The summed E-state index contributed by atoms with van der Waals surface area (Å²) >= 11 is 0. The molecule has 13 heavy (non-hydrogen) atoms. The molecule has 3 aliphatic heterocycles. The standard InChI is InChI=1S/C9H11N3O/c1-2-13-5-7-8(1)10-3-6-4-11-12-9(6)7/h1-2,4,6,9-10,12H,3,5H2. The Morgan fingerprint density at radius 3 is 3.54 bits per heavy atom. The van der Waals surface area contributed by atoms with Crippen molar-refractivity contribution < 1.29 is 4.74 Å². The highest BCUT2D eigenvalue weighted by molar-refractivity contribution is 5.66. The second kappa shape index (κ2) is 2.52. The number of nitrogens with zero attached hydrogens (tertiary/aromatic N) is 1. The number of fused-ring (bicyclic) bond motifs is 2. The van der Waals surface area contributed by atoms with Crippen LogP contribution >= 0.6 is 0 Å². The Morgan fingerprint density at radius 1 is 1.54 bits per heavy atom. The van der Waals surface area contributed by atoms with Gasteiger partial charge in [0, 0.05) is 29.9 Å². The van der Waals surface area contributed by atoms with E-state index in [2.05, 4.69) is 15.8 Å². The monoisotopic (exact) mass is 177 g/mol. The zero-order valence-corrected chi connectivity index (χ0v) is 7.16. The number of rotatable bonds is 0. The van der Waals surface area contributed by atoms with Crippen LogP contribution in [0.2, 0.25) is 0 Å². The highest BCUT2D eigenvalue weighted by Gasteiger charge is 2.33. The van der Waals surface area contributed by atoms with Crippen molar-refractivity contribution in [2.24, 2.45) is 11.0 Å². The van der Waals surface area contributed by atoms with Gasteiger partial charge in [-0.3, -0.25) is 0 Å². The third-order valence-corrected chi connectivity index (χ3v) is 2.73. The molecule has 0 aromatic heterocycles. The van der Waals surface area contributed by atoms with Crippen molar-refractivity contribution >= 4 is 6.21 Å². The first-order valence-electron chi connectivity index (χ1n) is 4.49. The number of hydrogen-bond acceptors (Lipinski definition) is 4. The topological polar surface area (TPSA) is 45.6 Å². The first-order chi connectivity index (χ1) is 6.45. The molecule has 0 radical (unpaired) electrons. The van der Waals surface area contributed by atoms with Gasteiger partial charge in [-0.2, -0.15) is 5.10 Å². The van der Waals surface area contributed by atoms with E-state index in [0.29, 0.717) is 18.6 Å². The zero-order chi connectivity index (χ0) is 8.67. The summed E-state index contributed by atoms with van der Waals surface area (Å²) in [4.78, 5) is 0. The molecular formula is C9H11N3O. The molecule has 0 spiro atoms. The predicted molar refractivity (Wildman–Crippen MR) is 49.0 cm³/mol. The van der Waals surface area contributed by atoms with Gasteiger partial charge in [-0.15, -0.1) is 0 Å². The molecule has 2 N–H and O–H groups in total. The smallest absolute Gasteiger partial charge is 0.113 e. The Hall–Kier alpha value is -1.45. The van der Waals surface area contributed by atoms with Gasteiger partial charge in [0.2, 0.25) is 0 Å². The molecule has 2 atom stereocenters. The fourth-order valence-corrected chi connectivity index (χ4v) is 2.00. The second-order valence-electron chi connectivity index (χ2n) is 3.48. The molecule has 0 bridgehead atoms. The van der Waals surface area contributed by atoms with Crippen molar-refractivity contribution in [3.8, 4) is 0 Å². The van der Waals surface area contributed by atoms with Crippen LogP contribution in [0, 0.1) is 5.92 Å². The van der Waals surface area contributed by atoms with Crippen LogP contribution in [-0.4, -0.2) is 25.4 Å². The van der Waals surface area contributed by atoms with E-state index in [1.54, 1.807) is 6.26 Å². The van der Waals surface area contributed by atoms with Crippen LogP contribution in [-0.2, 0) is 4.74 Å². The minimum Gasteiger partial charge on any atom is -0.497 e. The average molecular weight is 177 g/mol. The first kappa shape index (κ1) is 7.00. The van der Waals surface area contributed by atoms with Gasteiger partial charge < -0.3 is 15.5 Å². The Balaban J connectivity index is 1.98. The number of hydrazone groups is 1. The van der Waals surface area contributed by atoms with Crippen molar-refractivity contribution in [1.29, 1.82) is 0 Å². The van der Waals surface area contributed by atoms with Crippen LogP contribution < -0.4 is 10.7 Å². The predicted octanol–water partition coefficient (Wildman–Crippen LogP) is -0.0386. The summed E-state index contributed by atoms with van der Waals surface area (Å²) in [6, 6.07) is 0.348. The van der Waals surface area contributed by atoms with Gasteiger partial charge in [0.15, 0.2) is 0 Å². The van der Waals surface area contributed by atoms with Crippen LogP contribution in [0.25, 0.3) is 0 Å². The molecule has 4 nitrogen and oxygen atoms in total. The molecule has 2 unspecified atom stereocenters. The van der Waals surface area contributed by atoms with E-state index in [9.17, 15) is 0 Å². The maximum Gasteiger partial charge on any atom is 0.113 e. The Morgan fingerprint density at radius 2 is 2.54 bits per heavy atom. The Bertz CT molecular complexity index is 319. The van der Waals surface area contributed by atoms with Crippen molar-refractivity contribution in [3.63, 3.8) is 0 Å². The molecular weight excluding hydrogens is 166 g/mol. The fourth-order valence-electron chi connectivity index (χ4n) is 2.00. The molecule has 3 rings (SSSR count). The average Bonchev–Trinajstić information content (AvgIpc) is 2.65. The lowest BCUT2D eigenvalue weighted by molar-refractivity contribution is 0.253. The summed E-state index contributed by atoms with van der Waals surface area (Å²) in [5.41, 5.74) is 5.60. The molecule has 0 amide bonds. The van der Waals surface area contributed by atoms with Crippen molar-refractivity contribution in [2.45, 2.75) is 6.04 Å². The SMILES string of the molecule is C1=CC2=C(CO1)C1NN=CC1CN2. The fraction of sp³-hybridized carbons (Fsp3) is 0.444. The van der Waals surface area contributed by atoms with Gasteiger partial charge in [-0.25, -0.2) is 0 Å². The molecule has 3 aliphatic rings. The summed E-state index contributed by atoms with van der Waals surface area (Å²) in [6.07, 6.45) is 5.69. The van der Waals surface area contributed by atoms with Gasteiger partial charge in [0.05, 0.1) is 12.3 Å². The quantitative estimate of drug-likeness (QED) is 0.546. The molecule has 0 aromatic carbocycles. The lowest BCUT2D eigenvalue weighted by Crippen LogP contribution is -2.44. The summed E-state index contributed by atoms with van der Waals surface area (Å²) < 4.78 is 5.27. The summed E-state index contributed by atoms with van der Waals surface area (Å²) in [6.45, 7) is 1.64. The Labute approximate surface area is 76.3 Å². The van der Waals surface area contributed by atoms with E-state index in [4.69, 9.17) is 4.74 Å². The van der Waals surface area contributed by atoms with Gasteiger partial charge >= 0.3 is 0 Å². The molecule has 68 valence electrons. The lowest BCUT2D eigenvalue weighted by atomic mass is 9.90. The van der Waals surface area contributed by atoms with Crippen molar-refractivity contribution in [1.82, 2.24) is 10.7 Å². The minimum atomic E-state index is 0.348. The molecule has 0 aliphatic carbocycles. The van der Waals surface area contributed by atoms with E-state index in [1.165, 1.54) is 11.3 Å². The number of hydrogen-bond donors (Lipinski definition) is 2. The van der Waals surface area contributed by atoms with Crippen LogP contribution in [0.5, 0.6) is 0 Å². The lowest BCUT2D eigenvalue weighted by Gasteiger charge is -2.31. The van der Waals surface area contributed by atoms with E-state index in [1.807, 2.05) is 12.3 Å². The van der Waals surface area contributed by atoms with Crippen LogP contribution in [0.1, 0.15) is 0 Å². The summed E-state index contributed by atoms with van der Waals surface area (Å²) in [5, 5.41) is 7.46. The molecule has 4 heteroatoms. The highest BCUT2D eigenvalue weighted by atomic mass is 16.5. The molecule has 0 saturated carbocycles. The van der Waals surface area contributed by atoms with Gasteiger partial charge in [-0.1, -0.05) is 0 Å². The molecule has 0 fully saturated rings. The Kier molecular flexibility index (Phi) is 1.36. The maximum absolute atomic E-state index is 5.27. The number of nitrogens with one attached hydrogen (secondary N) is 2. The van der Waals surface area contributed by atoms with Crippen LogP contribution in [0.3, 0.4) is 0 Å². The molecule has 3 heterocycles. The van der Waals surface area contributed by atoms with Gasteiger partial charge in [0.25, 0.3) is 0 Å². The minimum absolute atomic E-state index is 0.348. The van der Waals surface area contributed by atoms with Gasteiger partial charge in [-0.05, 0) is 6.08 Å². The van der Waals surface area contributed by atoms with Crippen LogP contribution in [0.15, 0.2) is 28.7 Å². The van der Waals surface area contributed by atoms with Crippen molar-refractivity contribution in [3.05, 3.63) is 23.6 Å². The number of allylic oxidation sites excluding steroid dienone is 1. The van der Waals surface area contributed by atoms with Gasteiger partial charge in [0.1, 0.15) is 6.61 Å². The normalized spacial score (nSPS) is 34.5. The zero-order valence-electron chi connectivity index (χ0n) is 7.16. The van der Waals surface area contributed by atoms with E-state index >= 15 is 0 Å². The molecule has 0 aromatic rings. The molecule has 0 saturated heterocycles. The summed E-state index contributed by atoms with van der Waals surface area (Å²) in [7, 11) is 0. The second-order valence-corrected chi connectivity index (χ2v) is 3.48. The van der Waals surface area contributed by atoms with E-state index in [-0.39, 0.29) is 0 Å². The van der Waals surface area contributed by atoms with Crippen molar-refractivity contribution in [2.75, 3.05) is 13.2 Å². The third-order valence-electron chi connectivity index (χ3n) is 2.73. The number of ether oxygens (including phenoxy) is 1. The van der Waals surface area contributed by atoms with Crippen LogP contribution in [0.4, 0.5) is 0 Å². The third kappa shape index (κ3) is 0.946. The van der Waals surface area contributed by atoms with E-state index in [0.717, 1.165) is 6.54 Å². The highest BCUT2D eigenvalue weighted by Crippen LogP contribution is 2.25. The largest absolute Gasteiger partial charge is 0.497 e. The summed E-state index contributed by atoms with van der Waals surface area (Å²) in [5.74, 6) is 0.480. The maximum atomic E-state index is 5.27. The first-order valence-corrected chi connectivity index (χ1v) is 4.49. The van der Waals surface area contributed by atoms with E-state index < -0.39 is 0 Å².